The number of nitrogens with zero attached hydrogens (tertiary/aromatic N) is 1. The Hall–Kier alpha value is -3.08. The van der Waals surface area contributed by atoms with Crippen molar-refractivity contribution in [1.82, 2.24) is 4.98 Å². The van der Waals surface area contributed by atoms with Gasteiger partial charge in [-0.3, -0.25) is 0 Å². The fourth-order valence-corrected chi connectivity index (χ4v) is 2.11. The number of carbonyl (C=O) groups is 1. The predicted octanol–water partition coefficient (Wildman–Crippen LogP) is 3.54. The molecule has 1 heterocycles. The van der Waals surface area contributed by atoms with E-state index in [4.69, 9.17) is 14.3 Å². The second-order valence-corrected chi connectivity index (χ2v) is 5.03. The summed E-state index contributed by atoms with van der Waals surface area (Å²) in [6.07, 6.45) is 1.58. The Morgan fingerprint density at radius 3 is 2.43 bits per heavy atom. The van der Waals surface area contributed by atoms with Crippen LogP contribution in [0.3, 0.4) is 0 Å². The zero-order valence-electron chi connectivity index (χ0n) is 12.3. The molecule has 0 radical (unpaired) electrons. The number of benzene rings is 2. The zero-order valence-corrected chi connectivity index (χ0v) is 12.3. The molecule has 0 fully saturated rings. The molecular formula is C18H15NO4. The average Bonchev–Trinajstić information content (AvgIpc) is 3.04. The molecule has 0 saturated carbocycles. The fourth-order valence-electron chi connectivity index (χ4n) is 2.11. The van der Waals surface area contributed by atoms with E-state index in [-0.39, 0.29) is 5.69 Å². The van der Waals surface area contributed by atoms with Crippen LogP contribution in [-0.2, 0) is 13.0 Å². The molecular weight excluding hydrogens is 294 g/mol. The molecule has 1 N–H and O–H groups in total. The number of hydrogen-bond donors (Lipinski definition) is 1. The standard InChI is InChI=1S/C18H15NO4/c20-18(21)16-12-23-17(19-16)10-13-6-8-15(9-7-13)22-11-14-4-2-1-3-5-14/h1-9,12H,10-11H2,(H,20,21). The average molecular weight is 309 g/mol. The molecule has 0 amide bonds. The molecule has 23 heavy (non-hydrogen) atoms. The van der Waals surface area contributed by atoms with Crippen molar-refractivity contribution < 1.29 is 19.1 Å². The number of hydrogen-bond acceptors (Lipinski definition) is 4. The van der Waals surface area contributed by atoms with Crippen LogP contribution in [0.15, 0.2) is 65.3 Å². The van der Waals surface area contributed by atoms with Crippen LogP contribution < -0.4 is 4.74 Å². The minimum atomic E-state index is -1.09. The van der Waals surface area contributed by atoms with Crippen LogP contribution >= 0.6 is 0 Å². The van der Waals surface area contributed by atoms with E-state index in [0.717, 1.165) is 23.1 Å². The number of rotatable bonds is 6. The topological polar surface area (TPSA) is 72.6 Å². The summed E-state index contributed by atoms with van der Waals surface area (Å²) in [6, 6.07) is 17.5. The first kappa shape index (κ1) is 14.8. The van der Waals surface area contributed by atoms with E-state index in [1.165, 1.54) is 0 Å². The van der Waals surface area contributed by atoms with Crippen molar-refractivity contribution >= 4 is 5.97 Å². The van der Waals surface area contributed by atoms with Gasteiger partial charge in [0.2, 0.25) is 0 Å². The van der Waals surface area contributed by atoms with E-state index in [2.05, 4.69) is 4.98 Å². The summed E-state index contributed by atoms with van der Waals surface area (Å²) >= 11 is 0. The van der Waals surface area contributed by atoms with Crippen LogP contribution in [0.5, 0.6) is 5.75 Å². The Morgan fingerprint density at radius 2 is 1.78 bits per heavy atom. The molecule has 0 aliphatic rings. The summed E-state index contributed by atoms with van der Waals surface area (Å²) in [5, 5.41) is 8.81. The Kier molecular flexibility index (Phi) is 4.38. The number of carboxylic acid groups (broad SMARTS) is 1. The number of ether oxygens (including phenoxy) is 1. The number of oxazole rings is 1. The molecule has 1 aromatic heterocycles. The van der Waals surface area contributed by atoms with Crippen LogP contribution in [0.25, 0.3) is 0 Å². The molecule has 0 unspecified atom stereocenters. The molecule has 3 rings (SSSR count). The van der Waals surface area contributed by atoms with Crippen molar-refractivity contribution in [2.24, 2.45) is 0 Å². The first-order chi connectivity index (χ1) is 11.2. The largest absolute Gasteiger partial charge is 0.489 e. The molecule has 5 nitrogen and oxygen atoms in total. The van der Waals surface area contributed by atoms with Crippen molar-refractivity contribution in [3.8, 4) is 5.75 Å². The van der Waals surface area contributed by atoms with E-state index < -0.39 is 5.97 Å². The third kappa shape index (κ3) is 3.97. The summed E-state index contributed by atoms with van der Waals surface area (Å²) in [5.74, 6) is 0.0567. The molecule has 0 saturated heterocycles. The first-order valence-corrected chi connectivity index (χ1v) is 7.14. The van der Waals surface area contributed by atoms with Crippen LogP contribution in [0.2, 0.25) is 0 Å². The molecule has 0 atom stereocenters. The van der Waals surface area contributed by atoms with Crippen LogP contribution in [-0.4, -0.2) is 16.1 Å². The van der Waals surface area contributed by atoms with Gasteiger partial charge in [0, 0.05) is 6.42 Å². The number of aromatic carboxylic acids is 1. The van der Waals surface area contributed by atoms with Gasteiger partial charge in [-0.2, -0.15) is 0 Å². The summed E-state index contributed by atoms with van der Waals surface area (Å²) in [5.41, 5.74) is 2.00. The maximum absolute atomic E-state index is 10.8. The highest BCUT2D eigenvalue weighted by molar-refractivity contribution is 5.84. The number of carboxylic acids is 1. The molecule has 0 bridgehead atoms. The van der Waals surface area contributed by atoms with Gasteiger partial charge in [-0.05, 0) is 23.3 Å². The van der Waals surface area contributed by atoms with E-state index in [1.54, 1.807) is 0 Å². The SMILES string of the molecule is O=C(O)c1coc(Cc2ccc(OCc3ccccc3)cc2)n1. The van der Waals surface area contributed by atoms with E-state index in [0.29, 0.717) is 18.9 Å². The van der Waals surface area contributed by atoms with Crippen molar-refractivity contribution in [3.63, 3.8) is 0 Å². The van der Waals surface area contributed by atoms with Gasteiger partial charge in [0.25, 0.3) is 0 Å². The zero-order chi connectivity index (χ0) is 16.1. The lowest BCUT2D eigenvalue weighted by molar-refractivity contribution is 0.0690. The number of aromatic nitrogens is 1. The molecule has 3 aromatic rings. The van der Waals surface area contributed by atoms with Gasteiger partial charge in [0.05, 0.1) is 0 Å². The van der Waals surface area contributed by atoms with E-state index in [1.807, 2.05) is 54.6 Å². The molecule has 0 aliphatic carbocycles. The lowest BCUT2D eigenvalue weighted by Crippen LogP contribution is -1.97. The van der Waals surface area contributed by atoms with E-state index in [9.17, 15) is 4.79 Å². The monoisotopic (exact) mass is 309 g/mol. The summed E-state index contributed by atoms with van der Waals surface area (Å²) in [4.78, 5) is 14.7. The lowest BCUT2D eigenvalue weighted by atomic mass is 10.1. The Morgan fingerprint density at radius 1 is 1.04 bits per heavy atom. The summed E-state index contributed by atoms with van der Waals surface area (Å²) in [6.45, 7) is 0.516. The summed E-state index contributed by atoms with van der Waals surface area (Å²) < 4.78 is 10.9. The molecule has 2 aromatic carbocycles. The minimum Gasteiger partial charge on any atom is -0.489 e. The Balaban J connectivity index is 1.59. The summed E-state index contributed by atoms with van der Waals surface area (Å²) in [7, 11) is 0. The highest BCUT2D eigenvalue weighted by Gasteiger charge is 2.10. The predicted molar refractivity (Wildman–Crippen MR) is 83.5 cm³/mol. The third-order valence-corrected chi connectivity index (χ3v) is 3.30. The maximum Gasteiger partial charge on any atom is 0.357 e. The Labute approximate surface area is 133 Å². The van der Waals surface area contributed by atoms with Gasteiger partial charge in [-0.25, -0.2) is 9.78 Å². The minimum absolute atomic E-state index is 0.0807. The van der Waals surface area contributed by atoms with Gasteiger partial charge in [-0.15, -0.1) is 0 Å². The second kappa shape index (κ2) is 6.79. The lowest BCUT2D eigenvalue weighted by Gasteiger charge is -2.06. The smallest absolute Gasteiger partial charge is 0.357 e. The van der Waals surface area contributed by atoms with Gasteiger partial charge < -0.3 is 14.3 Å². The van der Waals surface area contributed by atoms with Crippen LogP contribution in [0.1, 0.15) is 27.5 Å². The molecule has 5 heteroatoms. The van der Waals surface area contributed by atoms with Crippen molar-refractivity contribution in [2.45, 2.75) is 13.0 Å². The maximum atomic E-state index is 10.8. The van der Waals surface area contributed by atoms with Crippen LogP contribution in [0, 0.1) is 0 Å². The molecule has 116 valence electrons. The van der Waals surface area contributed by atoms with Crippen molar-refractivity contribution in [2.75, 3.05) is 0 Å². The fraction of sp³-hybridized carbons (Fsp3) is 0.111. The van der Waals surface area contributed by atoms with Gasteiger partial charge >= 0.3 is 5.97 Å². The second-order valence-electron chi connectivity index (χ2n) is 5.03. The third-order valence-electron chi connectivity index (χ3n) is 3.30. The normalized spacial score (nSPS) is 10.4. The van der Waals surface area contributed by atoms with Crippen molar-refractivity contribution in [3.05, 3.63) is 83.6 Å². The van der Waals surface area contributed by atoms with E-state index >= 15 is 0 Å². The highest BCUT2D eigenvalue weighted by Crippen LogP contribution is 2.16. The van der Waals surface area contributed by atoms with Crippen LogP contribution in [0.4, 0.5) is 0 Å². The van der Waals surface area contributed by atoms with Gasteiger partial charge in [-0.1, -0.05) is 42.5 Å². The quantitative estimate of drug-likeness (QED) is 0.754. The van der Waals surface area contributed by atoms with Gasteiger partial charge in [0.1, 0.15) is 18.6 Å². The highest BCUT2D eigenvalue weighted by atomic mass is 16.5. The molecule has 0 aliphatic heterocycles. The van der Waals surface area contributed by atoms with Gasteiger partial charge in [0.15, 0.2) is 11.6 Å². The first-order valence-electron chi connectivity index (χ1n) is 7.14. The molecule has 0 spiro atoms. The Bertz CT molecular complexity index is 778. The van der Waals surface area contributed by atoms with Crippen molar-refractivity contribution in [1.29, 1.82) is 0 Å².